The molecule has 0 spiro atoms. The van der Waals surface area contributed by atoms with Crippen LogP contribution in [-0.2, 0) is 6.54 Å². The van der Waals surface area contributed by atoms with Crippen LogP contribution in [0.15, 0.2) is 35.7 Å². The van der Waals surface area contributed by atoms with E-state index in [0.29, 0.717) is 0 Å². The maximum Gasteiger partial charge on any atom is 0.123 e. The van der Waals surface area contributed by atoms with Gasteiger partial charge in [-0.3, -0.25) is 0 Å². The summed E-state index contributed by atoms with van der Waals surface area (Å²) in [7, 11) is 0. The van der Waals surface area contributed by atoms with Crippen molar-refractivity contribution in [2.75, 3.05) is 0 Å². The molecular formula is C15H18FNS. The lowest BCUT2D eigenvalue weighted by Crippen LogP contribution is -2.20. The summed E-state index contributed by atoms with van der Waals surface area (Å²) in [4.78, 5) is 1.37. The fraction of sp³-hybridized carbons (Fsp3) is 0.333. The zero-order chi connectivity index (χ0) is 13.0. The molecule has 2 rings (SSSR count). The number of hydrogen-bond acceptors (Lipinski definition) is 2. The van der Waals surface area contributed by atoms with Gasteiger partial charge in [-0.05, 0) is 48.1 Å². The van der Waals surface area contributed by atoms with Gasteiger partial charge in [0.15, 0.2) is 0 Å². The summed E-state index contributed by atoms with van der Waals surface area (Å²) < 4.78 is 12.9. The van der Waals surface area contributed by atoms with Crippen LogP contribution in [0.4, 0.5) is 4.39 Å². The van der Waals surface area contributed by atoms with Crippen molar-refractivity contribution in [3.63, 3.8) is 0 Å². The molecule has 1 N–H and O–H groups in total. The van der Waals surface area contributed by atoms with E-state index in [1.54, 1.807) is 11.3 Å². The highest BCUT2D eigenvalue weighted by molar-refractivity contribution is 7.10. The van der Waals surface area contributed by atoms with Crippen molar-refractivity contribution in [1.82, 2.24) is 5.32 Å². The highest BCUT2D eigenvalue weighted by Crippen LogP contribution is 2.20. The molecule has 1 heterocycles. The standard InChI is InChI=1S/C15H18FNS/c1-3-14(12-4-6-13(16)7-5-12)17-10-15-11(2)8-9-18-15/h4-9,14,17H,3,10H2,1-2H3. The first-order valence-corrected chi connectivity index (χ1v) is 7.10. The van der Waals surface area contributed by atoms with Crippen LogP contribution >= 0.6 is 11.3 Å². The monoisotopic (exact) mass is 263 g/mol. The van der Waals surface area contributed by atoms with E-state index in [1.807, 2.05) is 12.1 Å². The number of thiophene rings is 1. The summed E-state index contributed by atoms with van der Waals surface area (Å²) in [6.45, 7) is 5.15. The van der Waals surface area contributed by atoms with Crippen LogP contribution in [0.1, 0.15) is 35.4 Å². The molecule has 96 valence electrons. The molecule has 3 heteroatoms. The lowest BCUT2D eigenvalue weighted by atomic mass is 10.0. The Labute approximate surface area is 112 Å². The first kappa shape index (κ1) is 13.2. The second-order valence-corrected chi connectivity index (χ2v) is 5.42. The highest BCUT2D eigenvalue weighted by atomic mass is 32.1. The van der Waals surface area contributed by atoms with E-state index in [4.69, 9.17) is 0 Å². The normalized spacial score (nSPS) is 12.6. The molecule has 1 aromatic carbocycles. The maximum absolute atomic E-state index is 12.9. The number of rotatable bonds is 5. The summed E-state index contributed by atoms with van der Waals surface area (Å²) in [5, 5.41) is 5.65. The van der Waals surface area contributed by atoms with Crippen LogP contribution < -0.4 is 5.32 Å². The van der Waals surface area contributed by atoms with Gasteiger partial charge in [-0.25, -0.2) is 4.39 Å². The molecule has 0 fully saturated rings. The van der Waals surface area contributed by atoms with Crippen molar-refractivity contribution in [2.24, 2.45) is 0 Å². The third-order valence-electron chi connectivity index (χ3n) is 3.16. The Hall–Kier alpha value is -1.19. The van der Waals surface area contributed by atoms with Gasteiger partial charge in [0.25, 0.3) is 0 Å². The number of benzene rings is 1. The van der Waals surface area contributed by atoms with Crippen LogP contribution in [0, 0.1) is 12.7 Å². The molecule has 0 bridgehead atoms. The third-order valence-corrected chi connectivity index (χ3v) is 4.18. The molecule has 1 atom stereocenters. The van der Waals surface area contributed by atoms with E-state index < -0.39 is 0 Å². The predicted octanol–water partition coefficient (Wildman–Crippen LogP) is 4.44. The molecule has 0 saturated carbocycles. The van der Waals surface area contributed by atoms with Gasteiger partial charge >= 0.3 is 0 Å². The minimum Gasteiger partial charge on any atom is -0.305 e. The lowest BCUT2D eigenvalue weighted by molar-refractivity contribution is 0.519. The van der Waals surface area contributed by atoms with Crippen LogP contribution in [0.3, 0.4) is 0 Å². The van der Waals surface area contributed by atoms with E-state index in [2.05, 4.69) is 30.6 Å². The molecule has 2 aromatic rings. The Bertz CT molecular complexity index is 489. The smallest absolute Gasteiger partial charge is 0.123 e. The average Bonchev–Trinajstić information content (AvgIpc) is 2.78. The molecule has 0 aliphatic heterocycles. The quantitative estimate of drug-likeness (QED) is 0.841. The molecular weight excluding hydrogens is 245 g/mol. The van der Waals surface area contributed by atoms with E-state index in [9.17, 15) is 4.39 Å². The third kappa shape index (κ3) is 3.18. The second kappa shape index (κ2) is 6.12. The zero-order valence-electron chi connectivity index (χ0n) is 10.7. The van der Waals surface area contributed by atoms with Crippen molar-refractivity contribution in [3.8, 4) is 0 Å². The largest absolute Gasteiger partial charge is 0.305 e. The Balaban J connectivity index is 2.01. The number of aryl methyl sites for hydroxylation is 1. The number of hydrogen-bond donors (Lipinski definition) is 1. The predicted molar refractivity (Wildman–Crippen MR) is 75.3 cm³/mol. The molecule has 0 aliphatic carbocycles. The Kier molecular flexibility index (Phi) is 4.50. The summed E-state index contributed by atoms with van der Waals surface area (Å²) in [6.07, 6.45) is 0.996. The number of nitrogens with one attached hydrogen (secondary N) is 1. The number of halogens is 1. The highest BCUT2D eigenvalue weighted by Gasteiger charge is 2.09. The molecule has 0 amide bonds. The Morgan fingerprint density at radius 3 is 2.50 bits per heavy atom. The molecule has 1 aromatic heterocycles. The molecule has 1 unspecified atom stereocenters. The van der Waals surface area contributed by atoms with Crippen LogP contribution in [0.5, 0.6) is 0 Å². The average molecular weight is 263 g/mol. The van der Waals surface area contributed by atoms with Gasteiger partial charge in [-0.2, -0.15) is 0 Å². The minimum absolute atomic E-state index is 0.178. The second-order valence-electron chi connectivity index (χ2n) is 4.42. The Morgan fingerprint density at radius 2 is 1.94 bits per heavy atom. The van der Waals surface area contributed by atoms with Gasteiger partial charge in [-0.1, -0.05) is 19.1 Å². The van der Waals surface area contributed by atoms with Gasteiger partial charge in [0, 0.05) is 17.5 Å². The summed E-state index contributed by atoms with van der Waals surface area (Å²) in [5.74, 6) is -0.178. The van der Waals surface area contributed by atoms with E-state index in [1.165, 1.54) is 22.6 Å². The summed E-state index contributed by atoms with van der Waals surface area (Å²) in [5.41, 5.74) is 2.48. The first-order valence-electron chi connectivity index (χ1n) is 6.22. The van der Waals surface area contributed by atoms with Gasteiger partial charge in [0.05, 0.1) is 0 Å². The zero-order valence-corrected chi connectivity index (χ0v) is 11.6. The van der Waals surface area contributed by atoms with Gasteiger partial charge in [0.2, 0.25) is 0 Å². The molecule has 18 heavy (non-hydrogen) atoms. The topological polar surface area (TPSA) is 12.0 Å². The van der Waals surface area contributed by atoms with Gasteiger partial charge in [0.1, 0.15) is 5.82 Å². The maximum atomic E-state index is 12.9. The van der Waals surface area contributed by atoms with E-state index in [0.717, 1.165) is 18.5 Å². The van der Waals surface area contributed by atoms with Gasteiger partial charge in [-0.15, -0.1) is 11.3 Å². The summed E-state index contributed by atoms with van der Waals surface area (Å²) >= 11 is 1.78. The van der Waals surface area contributed by atoms with Crippen LogP contribution in [-0.4, -0.2) is 0 Å². The molecule has 0 radical (unpaired) electrons. The Morgan fingerprint density at radius 1 is 1.22 bits per heavy atom. The summed E-state index contributed by atoms with van der Waals surface area (Å²) in [6, 6.07) is 9.19. The van der Waals surface area contributed by atoms with Gasteiger partial charge < -0.3 is 5.32 Å². The first-order chi connectivity index (χ1) is 8.70. The minimum atomic E-state index is -0.178. The van der Waals surface area contributed by atoms with Crippen molar-refractivity contribution < 1.29 is 4.39 Å². The van der Waals surface area contributed by atoms with E-state index in [-0.39, 0.29) is 11.9 Å². The van der Waals surface area contributed by atoms with Crippen molar-refractivity contribution >= 4 is 11.3 Å². The van der Waals surface area contributed by atoms with Crippen molar-refractivity contribution in [1.29, 1.82) is 0 Å². The van der Waals surface area contributed by atoms with Crippen LogP contribution in [0.25, 0.3) is 0 Å². The van der Waals surface area contributed by atoms with Crippen molar-refractivity contribution in [3.05, 3.63) is 57.5 Å². The van der Waals surface area contributed by atoms with Crippen molar-refractivity contribution in [2.45, 2.75) is 32.9 Å². The molecule has 0 saturated heterocycles. The fourth-order valence-corrected chi connectivity index (χ4v) is 2.85. The fourth-order valence-electron chi connectivity index (χ4n) is 1.99. The molecule has 1 nitrogen and oxygen atoms in total. The van der Waals surface area contributed by atoms with Crippen LogP contribution in [0.2, 0.25) is 0 Å². The molecule has 0 aliphatic rings. The van der Waals surface area contributed by atoms with E-state index >= 15 is 0 Å². The SMILES string of the molecule is CCC(NCc1sccc1C)c1ccc(F)cc1. The lowest BCUT2D eigenvalue weighted by Gasteiger charge is -2.17.